The monoisotopic (exact) mass is 339 g/mol. The van der Waals surface area contributed by atoms with Crippen LogP contribution in [0, 0.1) is 0 Å². The molecule has 0 unspecified atom stereocenters. The second-order valence-electron chi connectivity index (χ2n) is 6.08. The Kier molecular flexibility index (Phi) is 4.32. The fourth-order valence-corrected chi connectivity index (χ4v) is 3.33. The summed E-state index contributed by atoms with van der Waals surface area (Å²) in [6.45, 7) is 0.751. The number of anilines is 1. The number of rotatable bonds is 3. The molecule has 0 radical (unpaired) electrons. The van der Waals surface area contributed by atoms with E-state index in [1.54, 1.807) is 12.4 Å². The average molecular weight is 340 g/mol. The highest BCUT2D eigenvalue weighted by molar-refractivity contribution is 6.30. The molecule has 0 amide bonds. The van der Waals surface area contributed by atoms with Crippen LogP contribution in [0.1, 0.15) is 24.5 Å². The van der Waals surface area contributed by atoms with E-state index in [9.17, 15) is 0 Å². The third kappa shape index (κ3) is 3.35. The summed E-state index contributed by atoms with van der Waals surface area (Å²) < 4.78 is 5.91. The highest BCUT2D eigenvalue weighted by atomic mass is 35.5. The lowest BCUT2D eigenvalue weighted by molar-refractivity contribution is 0.00960. The molecule has 0 bridgehead atoms. The molecule has 1 N–H and O–H groups in total. The van der Waals surface area contributed by atoms with Crippen LogP contribution >= 0.6 is 11.6 Å². The Hall–Kier alpha value is -2.17. The van der Waals surface area contributed by atoms with Crippen molar-refractivity contribution in [3.8, 4) is 0 Å². The summed E-state index contributed by atoms with van der Waals surface area (Å²) in [7, 11) is 0. The first-order valence-electron chi connectivity index (χ1n) is 8.11. The molecule has 5 heteroatoms. The van der Waals surface area contributed by atoms with Gasteiger partial charge in [0.15, 0.2) is 0 Å². The van der Waals surface area contributed by atoms with E-state index in [4.69, 9.17) is 16.3 Å². The van der Waals surface area contributed by atoms with Gasteiger partial charge in [-0.1, -0.05) is 23.7 Å². The Morgan fingerprint density at radius 1 is 1.12 bits per heavy atom. The molecule has 1 aliphatic rings. The average Bonchev–Trinajstić information content (AvgIpc) is 2.62. The fourth-order valence-electron chi connectivity index (χ4n) is 3.17. The molecule has 122 valence electrons. The topological polar surface area (TPSA) is 47.0 Å². The number of hydrogen-bond acceptors (Lipinski definition) is 4. The van der Waals surface area contributed by atoms with E-state index in [-0.39, 0.29) is 6.10 Å². The Balaban J connectivity index is 1.50. The Labute approximate surface area is 145 Å². The van der Waals surface area contributed by atoms with Crippen LogP contribution in [0.3, 0.4) is 0 Å². The number of aromatic nitrogens is 2. The zero-order valence-corrected chi connectivity index (χ0v) is 13.9. The van der Waals surface area contributed by atoms with E-state index >= 15 is 0 Å². The van der Waals surface area contributed by atoms with Crippen molar-refractivity contribution in [2.45, 2.75) is 25.0 Å². The van der Waals surface area contributed by atoms with Crippen molar-refractivity contribution < 1.29 is 4.74 Å². The van der Waals surface area contributed by atoms with E-state index < -0.39 is 0 Å². The molecule has 0 aliphatic carbocycles. The number of fused-ring (bicyclic) bond motifs is 1. The molecule has 2 atom stereocenters. The zero-order chi connectivity index (χ0) is 16.4. The summed E-state index contributed by atoms with van der Waals surface area (Å²) in [5.74, 6) is 0. The summed E-state index contributed by atoms with van der Waals surface area (Å²) in [6.07, 6.45) is 7.50. The van der Waals surface area contributed by atoms with Gasteiger partial charge in [0.05, 0.1) is 6.10 Å². The van der Waals surface area contributed by atoms with Crippen LogP contribution in [0.4, 0.5) is 5.69 Å². The van der Waals surface area contributed by atoms with Crippen LogP contribution < -0.4 is 5.32 Å². The molecule has 0 saturated carbocycles. The fraction of sp³-hybridized carbons (Fsp3) is 0.263. The number of ether oxygens (including phenoxy) is 1. The molecule has 3 aromatic rings. The number of hydrogen-bond donors (Lipinski definition) is 1. The van der Waals surface area contributed by atoms with Gasteiger partial charge >= 0.3 is 0 Å². The summed E-state index contributed by atoms with van der Waals surface area (Å²) in [5, 5.41) is 6.33. The number of pyridine rings is 2. The molecule has 3 heterocycles. The maximum Gasteiger partial charge on any atom is 0.129 e. The molecule has 1 saturated heterocycles. The number of nitrogens with one attached hydrogen (secondary N) is 1. The van der Waals surface area contributed by atoms with Crippen molar-refractivity contribution in [1.29, 1.82) is 0 Å². The summed E-state index contributed by atoms with van der Waals surface area (Å²) in [6, 6.07) is 12.6. The Morgan fingerprint density at radius 3 is 2.96 bits per heavy atom. The van der Waals surface area contributed by atoms with Crippen LogP contribution in [0.2, 0.25) is 5.15 Å². The highest BCUT2D eigenvalue weighted by Gasteiger charge is 2.24. The first-order valence-corrected chi connectivity index (χ1v) is 8.49. The first kappa shape index (κ1) is 15.4. The van der Waals surface area contributed by atoms with Crippen molar-refractivity contribution in [2.24, 2.45) is 0 Å². The number of nitrogens with zero attached hydrogens (tertiary/aromatic N) is 2. The molecular formula is C19H18ClN3O. The van der Waals surface area contributed by atoms with Crippen LogP contribution in [-0.4, -0.2) is 22.6 Å². The van der Waals surface area contributed by atoms with Gasteiger partial charge in [0.1, 0.15) is 5.15 Å². The van der Waals surface area contributed by atoms with Crippen molar-refractivity contribution in [2.75, 3.05) is 11.9 Å². The molecule has 1 aliphatic heterocycles. The third-order valence-electron chi connectivity index (χ3n) is 4.40. The largest absolute Gasteiger partial charge is 0.382 e. The molecule has 1 aromatic carbocycles. The van der Waals surface area contributed by atoms with E-state index in [0.717, 1.165) is 41.5 Å². The Bertz CT molecular complexity index is 840. The minimum Gasteiger partial charge on any atom is -0.382 e. The highest BCUT2D eigenvalue weighted by Crippen LogP contribution is 2.30. The summed E-state index contributed by atoms with van der Waals surface area (Å²) in [4.78, 5) is 8.31. The first-order chi connectivity index (χ1) is 11.8. The predicted molar refractivity (Wildman–Crippen MR) is 96.3 cm³/mol. The van der Waals surface area contributed by atoms with Gasteiger partial charge in [0.2, 0.25) is 0 Å². The SMILES string of the molecule is Clc1cc2cc(N[C@@H]3CCO[C@@H](c4cccnc4)C3)ccc2cn1. The second kappa shape index (κ2) is 6.75. The Morgan fingerprint density at radius 2 is 2.08 bits per heavy atom. The molecular weight excluding hydrogens is 322 g/mol. The van der Waals surface area contributed by atoms with Gasteiger partial charge in [-0.25, -0.2) is 4.98 Å². The number of halogens is 1. The van der Waals surface area contributed by atoms with Gasteiger partial charge < -0.3 is 10.1 Å². The maximum absolute atomic E-state index is 6.00. The predicted octanol–water partition coefficient (Wildman–Crippen LogP) is 4.62. The molecule has 0 spiro atoms. The van der Waals surface area contributed by atoms with Crippen molar-refractivity contribution in [3.63, 3.8) is 0 Å². The van der Waals surface area contributed by atoms with Gasteiger partial charge in [-0.05, 0) is 48.1 Å². The lowest BCUT2D eigenvalue weighted by Gasteiger charge is -2.31. The molecule has 4 nitrogen and oxygen atoms in total. The van der Waals surface area contributed by atoms with Crippen molar-refractivity contribution in [3.05, 3.63) is 65.7 Å². The van der Waals surface area contributed by atoms with E-state index in [1.165, 1.54) is 0 Å². The normalized spacial score (nSPS) is 20.9. The van der Waals surface area contributed by atoms with Crippen molar-refractivity contribution in [1.82, 2.24) is 9.97 Å². The third-order valence-corrected chi connectivity index (χ3v) is 4.61. The smallest absolute Gasteiger partial charge is 0.129 e. The molecule has 24 heavy (non-hydrogen) atoms. The minimum atomic E-state index is 0.101. The van der Waals surface area contributed by atoms with Gasteiger partial charge in [0.25, 0.3) is 0 Å². The minimum absolute atomic E-state index is 0.101. The quantitative estimate of drug-likeness (QED) is 0.707. The maximum atomic E-state index is 6.00. The van der Waals surface area contributed by atoms with E-state index in [1.807, 2.05) is 18.3 Å². The van der Waals surface area contributed by atoms with Crippen molar-refractivity contribution >= 4 is 28.1 Å². The lowest BCUT2D eigenvalue weighted by Crippen LogP contribution is -2.30. The zero-order valence-electron chi connectivity index (χ0n) is 13.2. The van der Waals surface area contributed by atoms with Crippen LogP contribution in [0.25, 0.3) is 10.8 Å². The molecule has 2 aromatic heterocycles. The van der Waals surface area contributed by atoms with Gasteiger partial charge in [0, 0.05) is 42.3 Å². The summed E-state index contributed by atoms with van der Waals surface area (Å²) in [5.41, 5.74) is 2.24. The van der Waals surface area contributed by atoms with Crippen LogP contribution in [0.5, 0.6) is 0 Å². The molecule has 4 rings (SSSR count). The van der Waals surface area contributed by atoms with Gasteiger partial charge in [-0.2, -0.15) is 0 Å². The van der Waals surface area contributed by atoms with E-state index in [2.05, 4.69) is 39.6 Å². The van der Waals surface area contributed by atoms with Gasteiger partial charge in [-0.3, -0.25) is 4.98 Å². The second-order valence-corrected chi connectivity index (χ2v) is 6.47. The van der Waals surface area contributed by atoms with Crippen LogP contribution in [0.15, 0.2) is 55.0 Å². The van der Waals surface area contributed by atoms with E-state index in [0.29, 0.717) is 11.2 Å². The number of benzene rings is 1. The lowest BCUT2D eigenvalue weighted by atomic mass is 9.98. The summed E-state index contributed by atoms with van der Waals surface area (Å²) >= 11 is 6.00. The van der Waals surface area contributed by atoms with Crippen LogP contribution in [-0.2, 0) is 4.74 Å². The van der Waals surface area contributed by atoms with Gasteiger partial charge in [-0.15, -0.1) is 0 Å². The standard InChI is InChI=1S/C19H18ClN3O/c20-19-9-15-8-16(4-3-13(15)12-22-19)23-17-5-7-24-18(10-17)14-2-1-6-21-11-14/h1-4,6,8-9,11-12,17-18,23H,5,7,10H2/t17-,18-/m1/s1. The molecule has 1 fully saturated rings.